The van der Waals surface area contributed by atoms with Crippen LogP contribution in [0.25, 0.3) is 0 Å². The number of para-hydroxylation sites is 1. The van der Waals surface area contributed by atoms with Crippen molar-refractivity contribution >= 4 is 34.8 Å². The number of hydrogen-bond donors (Lipinski definition) is 2. The second-order valence-corrected chi connectivity index (χ2v) is 8.16. The second kappa shape index (κ2) is 9.49. The van der Waals surface area contributed by atoms with E-state index in [1.807, 2.05) is 24.3 Å². The van der Waals surface area contributed by atoms with Crippen LogP contribution >= 0.6 is 11.6 Å². The van der Waals surface area contributed by atoms with Crippen molar-refractivity contribution in [3.63, 3.8) is 0 Å². The summed E-state index contributed by atoms with van der Waals surface area (Å²) in [6.07, 6.45) is 3.44. The molecule has 0 saturated carbocycles. The van der Waals surface area contributed by atoms with E-state index >= 15 is 0 Å². The lowest BCUT2D eigenvalue weighted by Gasteiger charge is -2.24. The van der Waals surface area contributed by atoms with Gasteiger partial charge in [-0.15, -0.1) is 0 Å². The molecule has 0 radical (unpaired) electrons. The average molecular weight is 429 g/mol. The highest BCUT2D eigenvalue weighted by atomic mass is 35.5. The topological polar surface area (TPSA) is 76.7 Å². The van der Waals surface area contributed by atoms with E-state index < -0.39 is 0 Å². The molecule has 2 atom stereocenters. The van der Waals surface area contributed by atoms with E-state index in [4.69, 9.17) is 21.1 Å². The van der Waals surface area contributed by atoms with Crippen LogP contribution in [0.4, 0.5) is 11.4 Å². The van der Waals surface area contributed by atoms with Crippen LogP contribution in [0.15, 0.2) is 42.5 Å². The van der Waals surface area contributed by atoms with Gasteiger partial charge in [-0.1, -0.05) is 29.8 Å². The average Bonchev–Trinajstić information content (AvgIpc) is 3.25. The Morgan fingerprint density at radius 2 is 2.13 bits per heavy atom. The number of rotatable bonds is 7. The Morgan fingerprint density at radius 3 is 2.97 bits per heavy atom. The Labute approximate surface area is 180 Å². The summed E-state index contributed by atoms with van der Waals surface area (Å²) in [5.74, 6) is 0.128. The van der Waals surface area contributed by atoms with Gasteiger partial charge in [0, 0.05) is 29.7 Å². The Hall–Kier alpha value is -2.57. The number of nitrogens with one attached hydrogen (secondary N) is 2. The first-order chi connectivity index (χ1) is 14.6. The zero-order valence-electron chi connectivity index (χ0n) is 16.7. The number of halogens is 1. The summed E-state index contributed by atoms with van der Waals surface area (Å²) in [7, 11) is 0. The van der Waals surface area contributed by atoms with Crippen LogP contribution in [0.2, 0.25) is 5.02 Å². The predicted octanol–water partition coefficient (Wildman–Crippen LogP) is 4.43. The number of hydrogen-bond acceptors (Lipinski definition) is 4. The number of amides is 2. The lowest BCUT2D eigenvalue weighted by Crippen LogP contribution is -2.30. The van der Waals surface area contributed by atoms with Gasteiger partial charge in [0.2, 0.25) is 11.8 Å². The Kier molecular flexibility index (Phi) is 6.55. The summed E-state index contributed by atoms with van der Waals surface area (Å²) >= 11 is 6.11. The molecule has 2 aromatic rings. The van der Waals surface area contributed by atoms with Gasteiger partial charge >= 0.3 is 0 Å². The minimum Gasteiger partial charge on any atom is -0.489 e. The molecule has 2 unspecified atom stereocenters. The lowest BCUT2D eigenvalue weighted by atomic mass is 9.89. The van der Waals surface area contributed by atoms with Gasteiger partial charge in [0.1, 0.15) is 12.4 Å². The van der Waals surface area contributed by atoms with E-state index in [1.54, 1.807) is 18.2 Å². The highest BCUT2D eigenvalue weighted by Gasteiger charge is 2.26. The monoisotopic (exact) mass is 428 g/mol. The first-order valence-corrected chi connectivity index (χ1v) is 10.7. The van der Waals surface area contributed by atoms with Gasteiger partial charge in [-0.25, -0.2) is 0 Å². The number of carbonyl (C=O) groups excluding carboxylic acids is 2. The minimum absolute atomic E-state index is 0.0372. The zero-order chi connectivity index (χ0) is 20.9. The molecule has 2 aromatic carbocycles. The van der Waals surface area contributed by atoms with Crippen molar-refractivity contribution in [1.82, 2.24) is 0 Å². The number of benzene rings is 2. The quantitative estimate of drug-likeness (QED) is 0.684. The van der Waals surface area contributed by atoms with Crippen molar-refractivity contribution in [3.05, 3.63) is 53.1 Å². The molecule has 30 heavy (non-hydrogen) atoms. The molecule has 7 heteroatoms. The molecular formula is C23H25ClN2O4. The molecule has 1 saturated heterocycles. The maximum atomic E-state index is 12.6. The molecule has 1 fully saturated rings. The van der Waals surface area contributed by atoms with Gasteiger partial charge < -0.3 is 20.1 Å². The third kappa shape index (κ3) is 5.12. The highest BCUT2D eigenvalue weighted by molar-refractivity contribution is 6.31. The van der Waals surface area contributed by atoms with Crippen LogP contribution in [0.5, 0.6) is 5.75 Å². The number of carbonyl (C=O) groups is 2. The van der Waals surface area contributed by atoms with Crippen molar-refractivity contribution in [2.75, 3.05) is 23.8 Å². The van der Waals surface area contributed by atoms with Crippen LogP contribution < -0.4 is 15.4 Å². The lowest BCUT2D eigenvalue weighted by molar-refractivity contribution is -0.121. The summed E-state index contributed by atoms with van der Waals surface area (Å²) in [5.41, 5.74) is 2.49. The molecule has 2 aliphatic heterocycles. The molecule has 0 aromatic heterocycles. The van der Waals surface area contributed by atoms with E-state index in [9.17, 15) is 9.59 Å². The van der Waals surface area contributed by atoms with Gasteiger partial charge in [-0.3, -0.25) is 9.59 Å². The SMILES string of the molecule is O=C(CCC1Cc2ccccc2NC1=O)Nc1cc(Cl)ccc1OCC1CCCO1. The highest BCUT2D eigenvalue weighted by Crippen LogP contribution is 2.30. The summed E-state index contributed by atoms with van der Waals surface area (Å²) in [4.78, 5) is 24.9. The van der Waals surface area contributed by atoms with Crippen molar-refractivity contribution in [2.24, 2.45) is 5.92 Å². The molecule has 2 aliphatic rings. The van der Waals surface area contributed by atoms with Crippen LogP contribution in [-0.4, -0.2) is 31.1 Å². The first kappa shape index (κ1) is 20.7. The minimum atomic E-state index is -0.222. The van der Waals surface area contributed by atoms with E-state index in [0.717, 1.165) is 30.7 Å². The maximum absolute atomic E-state index is 12.6. The predicted molar refractivity (Wildman–Crippen MR) is 116 cm³/mol. The van der Waals surface area contributed by atoms with Gasteiger partial charge in [0.15, 0.2) is 0 Å². The van der Waals surface area contributed by atoms with Gasteiger partial charge in [-0.2, -0.15) is 0 Å². The molecule has 158 valence electrons. The van der Waals surface area contributed by atoms with E-state index in [-0.39, 0.29) is 30.3 Å². The maximum Gasteiger partial charge on any atom is 0.227 e. The fourth-order valence-corrected chi connectivity index (χ4v) is 4.02. The van der Waals surface area contributed by atoms with Gasteiger partial charge in [0.25, 0.3) is 0 Å². The van der Waals surface area contributed by atoms with Crippen molar-refractivity contribution < 1.29 is 19.1 Å². The third-order valence-corrected chi connectivity index (χ3v) is 5.73. The van der Waals surface area contributed by atoms with E-state index in [0.29, 0.717) is 35.9 Å². The van der Waals surface area contributed by atoms with E-state index in [1.165, 1.54) is 0 Å². The first-order valence-electron chi connectivity index (χ1n) is 10.3. The molecule has 2 N–H and O–H groups in total. The molecule has 0 spiro atoms. The zero-order valence-corrected chi connectivity index (χ0v) is 17.4. The fourth-order valence-electron chi connectivity index (χ4n) is 3.85. The number of fused-ring (bicyclic) bond motifs is 1. The molecule has 2 heterocycles. The Bertz CT molecular complexity index is 927. The van der Waals surface area contributed by atoms with Crippen LogP contribution in [0, 0.1) is 5.92 Å². The molecular weight excluding hydrogens is 404 g/mol. The van der Waals surface area contributed by atoms with Crippen molar-refractivity contribution in [3.8, 4) is 5.75 Å². The molecule has 6 nitrogen and oxygen atoms in total. The van der Waals surface area contributed by atoms with E-state index in [2.05, 4.69) is 10.6 Å². The molecule has 2 amide bonds. The number of anilines is 2. The Morgan fingerprint density at radius 1 is 1.27 bits per heavy atom. The molecule has 0 bridgehead atoms. The largest absolute Gasteiger partial charge is 0.489 e. The normalized spacial score (nSPS) is 20.4. The smallest absolute Gasteiger partial charge is 0.227 e. The van der Waals surface area contributed by atoms with Crippen molar-refractivity contribution in [2.45, 2.75) is 38.2 Å². The summed E-state index contributed by atoms with van der Waals surface area (Å²) in [5, 5.41) is 6.31. The second-order valence-electron chi connectivity index (χ2n) is 7.72. The Balaban J connectivity index is 1.33. The molecule has 4 rings (SSSR count). The van der Waals surface area contributed by atoms with Crippen LogP contribution in [0.3, 0.4) is 0 Å². The fraction of sp³-hybridized carbons (Fsp3) is 0.391. The summed E-state index contributed by atoms with van der Waals surface area (Å²) in [6.45, 7) is 1.20. The summed E-state index contributed by atoms with van der Waals surface area (Å²) in [6, 6.07) is 12.9. The van der Waals surface area contributed by atoms with Gasteiger partial charge in [0.05, 0.1) is 11.8 Å². The standard InChI is InChI=1S/C23H25ClN2O4/c24-17-8-9-21(30-14-18-5-3-11-29-18)20(13-17)25-22(27)10-7-16-12-15-4-1-2-6-19(15)26-23(16)28/h1-2,4,6,8-9,13,16,18H,3,5,7,10-12,14H2,(H,25,27)(H,26,28). The third-order valence-electron chi connectivity index (χ3n) is 5.50. The summed E-state index contributed by atoms with van der Waals surface area (Å²) < 4.78 is 11.4. The van der Waals surface area contributed by atoms with Crippen LogP contribution in [-0.2, 0) is 20.7 Å². The molecule has 0 aliphatic carbocycles. The number of ether oxygens (including phenoxy) is 2. The van der Waals surface area contributed by atoms with Gasteiger partial charge in [-0.05, 0) is 55.5 Å². The van der Waals surface area contributed by atoms with Crippen molar-refractivity contribution in [1.29, 1.82) is 0 Å². The van der Waals surface area contributed by atoms with Crippen LogP contribution in [0.1, 0.15) is 31.2 Å².